The zero-order valence-electron chi connectivity index (χ0n) is 10.2. The lowest BCUT2D eigenvalue weighted by Crippen LogP contribution is -2.41. The van der Waals surface area contributed by atoms with Crippen LogP contribution in [0.15, 0.2) is 12.1 Å². The molecule has 1 atom stereocenters. The van der Waals surface area contributed by atoms with Crippen molar-refractivity contribution in [1.29, 1.82) is 0 Å². The molecule has 1 aliphatic heterocycles. The summed E-state index contributed by atoms with van der Waals surface area (Å²) in [6.45, 7) is 1.43. The number of nitrogens with zero attached hydrogens (tertiary/aromatic N) is 1. The Hall–Kier alpha value is -0.0400. The Morgan fingerprint density at radius 1 is 1.47 bits per heavy atom. The average molecular weight is 414 g/mol. The molecule has 1 aromatic rings. The van der Waals surface area contributed by atoms with Crippen molar-refractivity contribution in [2.75, 3.05) is 19.7 Å². The number of piperidine rings is 1. The second kappa shape index (κ2) is 6.61. The van der Waals surface area contributed by atoms with Crippen LogP contribution in [0.3, 0.4) is 0 Å². The van der Waals surface area contributed by atoms with Gasteiger partial charge in [-0.1, -0.05) is 23.2 Å². The molecule has 0 aromatic heterocycles. The molecule has 3 nitrogen and oxygen atoms in total. The molecule has 2 rings (SSSR count). The highest BCUT2D eigenvalue weighted by molar-refractivity contribution is 14.1. The standard InChI is InChI=1S/C13H14Cl2INO2/c14-9-4-10(12(16)11(15)5-9)13(19)17-3-1-2-8(6-17)7-18/h4-5,8,18H,1-3,6-7H2. The van der Waals surface area contributed by atoms with Crippen LogP contribution >= 0.6 is 45.8 Å². The Balaban J connectivity index is 2.24. The predicted molar refractivity (Wildman–Crippen MR) is 84.9 cm³/mol. The van der Waals surface area contributed by atoms with Crippen LogP contribution in [-0.4, -0.2) is 35.6 Å². The Bertz CT molecular complexity index is 496. The molecule has 1 unspecified atom stereocenters. The second-order valence-corrected chi connectivity index (χ2v) is 6.61. The molecule has 0 bridgehead atoms. The van der Waals surface area contributed by atoms with E-state index < -0.39 is 0 Å². The van der Waals surface area contributed by atoms with E-state index in [2.05, 4.69) is 22.6 Å². The third-order valence-electron chi connectivity index (χ3n) is 3.29. The predicted octanol–water partition coefficient (Wildman–Crippen LogP) is 3.44. The fourth-order valence-electron chi connectivity index (χ4n) is 2.28. The van der Waals surface area contributed by atoms with E-state index in [-0.39, 0.29) is 18.4 Å². The normalized spacial score (nSPS) is 19.6. The lowest BCUT2D eigenvalue weighted by Gasteiger charge is -2.32. The maximum atomic E-state index is 12.5. The van der Waals surface area contributed by atoms with Crippen LogP contribution in [0.5, 0.6) is 0 Å². The highest BCUT2D eigenvalue weighted by Crippen LogP contribution is 2.28. The summed E-state index contributed by atoms with van der Waals surface area (Å²) in [4.78, 5) is 14.3. The fraction of sp³-hybridized carbons (Fsp3) is 0.462. The molecular weight excluding hydrogens is 400 g/mol. The van der Waals surface area contributed by atoms with Gasteiger partial charge in [-0.2, -0.15) is 0 Å². The van der Waals surface area contributed by atoms with Crippen molar-refractivity contribution in [2.45, 2.75) is 12.8 Å². The fourth-order valence-corrected chi connectivity index (χ4v) is 3.32. The van der Waals surface area contributed by atoms with E-state index in [1.165, 1.54) is 0 Å². The molecular formula is C13H14Cl2INO2. The second-order valence-electron chi connectivity index (χ2n) is 4.69. The first-order valence-electron chi connectivity index (χ1n) is 6.07. The molecule has 19 heavy (non-hydrogen) atoms. The Kier molecular flexibility index (Phi) is 5.34. The summed E-state index contributed by atoms with van der Waals surface area (Å²) in [6, 6.07) is 3.29. The van der Waals surface area contributed by atoms with Crippen LogP contribution < -0.4 is 0 Å². The highest BCUT2D eigenvalue weighted by Gasteiger charge is 2.26. The van der Waals surface area contributed by atoms with Gasteiger partial charge in [0.2, 0.25) is 0 Å². The van der Waals surface area contributed by atoms with Crippen molar-refractivity contribution in [2.24, 2.45) is 5.92 Å². The third kappa shape index (κ3) is 3.54. The third-order valence-corrected chi connectivity index (χ3v) is 5.29. The average Bonchev–Trinajstić information content (AvgIpc) is 2.42. The number of rotatable bonds is 2. The van der Waals surface area contributed by atoms with Gasteiger partial charge in [-0.3, -0.25) is 4.79 Å². The van der Waals surface area contributed by atoms with Gasteiger partial charge in [0.15, 0.2) is 0 Å². The van der Waals surface area contributed by atoms with E-state index in [1.807, 2.05) is 0 Å². The van der Waals surface area contributed by atoms with Crippen LogP contribution in [-0.2, 0) is 0 Å². The van der Waals surface area contributed by atoms with Crippen molar-refractivity contribution in [1.82, 2.24) is 4.90 Å². The Labute approximate surface area is 136 Å². The van der Waals surface area contributed by atoms with Gasteiger partial charge in [-0.15, -0.1) is 0 Å². The lowest BCUT2D eigenvalue weighted by atomic mass is 9.98. The minimum absolute atomic E-state index is 0.0630. The van der Waals surface area contributed by atoms with Crippen LogP contribution in [0.1, 0.15) is 23.2 Å². The van der Waals surface area contributed by atoms with Gasteiger partial charge in [0.05, 0.1) is 10.6 Å². The summed E-state index contributed by atoms with van der Waals surface area (Å²) in [7, 11) is 0. The van der Waals surface area contributed by atoms with E-state index in [0.717, 1.165) is 23.0 Å². The number of aliphatic hydroxyl groups is 1. The topological polar surface area (TPSA) is 40.5 Å². The molecule has 1 aliphatic rings. The van der Waals surface area contributed by atoms with Gasteiger partial charge in [-0.25, -0.2) is 0 Å². The zero-order valence-corrected chi connectivity index (χ0v) is 13.9. The van der Waals surface area contributed by atoms with Gasteiger partial charge in [0.1, 0.15) is 0 Å². The van der Waals surface area contributed by atoms with Gasteiger partial charge >= 0.3 is 0 Å². The molecule has 1 saturated heterocycles. The van der Waals surface area contributed by atoms with E-state index in [0.29, 0.717) is 22.2 Å². The van der Waals surface area contributed by atoms with Gasteiger partial charge < -0.3 is 10.0 Å². The Morgan fingerprint density at radius 2 is 2.21 bits per heavy atom. The van der Waals surface area contributed by atoms with Crippen LogP contribution in [0.4, 0.5) is 0 Å². The van der Waals surface area contributed by atoms with Gasteiger partial charge in [0.25, 0.3) is 5.91 Å². The van der Waals surface area contributed by atoms with E-state index in [1.54, 1.807) is 17.0 Å². The minimum atomic E-state index is -0.0630. The maximum absolute atomic E-state index is 12.5. The number of amides is 1. The molecule has 1 fully saturated rings. The number of halogens is 3. The molecule has 1 aromatic carbocycles. The minimum Gasteiger partial charge on any atom is -0.396 e. The molecule has 6 heteroatoms. The lowest BCUT2D eigenvalue weighted by molar-refractivity contribution is 0.0619. The first-order chi connectivity index (χ1) is 9.02. The number of aliphatic hydroxyl groups excluding tert-OH is 1. The number of likely N-dealkylation sites (tertiary alicyclic amines) is 1. The van der Waals surface area contributed by atoms with Crippen LogP contribution in [0, 0.1) is 9.49 Å². The van der Waals surface area contributed by atoms with Crippen LogP contribution in [0.2, 0.25) is 10.0 Å². The molecule has 0 radical (unpaired) electrons. The van der Waals surface area contributed by atoms with Crippen LogP contribution in [0.25, 0.3) is 0 Å². The monoisotopic (exact) mass is 413 g/mol. The van der Waals surface area contributed by atoms with Gasteiger partial charge in [0, 0.05) is 28.3 Å². The summed E-state index contributed by atoms with van der Waals surface area (Å²) in [6.07, 6.45) is 1.88. The van der Waals surface area contributed by atoms with E-state index in [9.17, 15) is 9.90 Å². The molecule has 1 heterocycles. The first kappa shape index (κ1) is 15.4. The highest BCUT2D eigenvalue weighted by atomic mass is 127. The number of carbonyl (C=O) groups is 1. The maximum Gasteiger partial charge on any atom is 0.255 e. The van der Waals surface area contributed by atoms with E-state index in [4.69, 9.17) is 23.2 Å². The van der Waals surface area contributed by atoms with Crippen molar-refractivity contribution >= 4 is 51.7 Å². The summed E-state index contributed by atoms with van der Waals surface area (Å²) < 4.78 is 0.722. The van der Waals surface area contributed by atoms with Crippen molar-refractivity contribution in [3.63, 3.8) is 0 Å². The van der Waals surface area contributed by atoms with Crippen molar-refractivity contribution in [3.05, 3.63) is 31.3 Å². The largest absolute Gasteiger partial charge is 0.396 e. The molecule has 0 spiro atoms. The van der Waals surface area contributed by atoms with Crippen molar-refractivity contribution in [3.8, 4) is 0 Å². The molecule has 1 N–H and O–H groups in total. The number of hydrogen-bond acceptors (Lipinski definition) is 2. The van der Waals surface area contributed by atoms with Gasteiger partial charge in [-0.05, 0) is 53.5 Å². The molecule has 0 saturated carbocycles. The molecule has 1 amide bonds. The van der Waals surface area contributed by atoms with E-state index >= 15 is 0 Å². The molecule has 0 aliphatic carbocycles. The molecule has 104 valence electrons. The number of carbonyl (C=O) groups excluding carboxylic acids is 1. The summed E-state index contributed by atoms with van der Waals surface area (Å²) >= 11 is 14.1. The quantitative estimate of drug-likeness (QED) is 0.595. The summed E-state index contributed by atoms with van der Waals surface area (Å²) in [5, 5.41) is 10.2. The summed E-state index contributed by atoms with van der Waals surface area (Å²) in [5.74, 6) is 0.108. The Morgan fingerprint density at radius 3 is 2.89 bits per heavy atom. The summed E-state index contributed by atoms with van der Waals surface area (Å²) in [5.41, 5.74) is 0.539. The number of hydrogen-bond donors (Lipinski definition) is 1. The first-order valence-corrected chi connectivity index (χ1v) is 7.91. The smallest absolute Gasteiger partial charge is 0.255 e. The van der Waals surface area contributed by atoms with Crippen molar-refractivity contribution < 1.29 is 9.90 Å². The zero-order chi connectivity index (χ0) is 14.0. The number of benzene rings is 1. The SMILES string of the molecule is O=C(c1cc(Cl)cc(Cl)c1I)N1CCCC(CO)C1.